The molecule has 1 aliphatic heterocycles. The van der Waals surface area contributed by atoms with Gasteiger partial charge < -0.3 is 20.1 Å². The molecule has 0 aliphatic carbocycles. The molecule has 0 saturated carbocycles. The molecule has 0 bridgehead atoms. The fraction of sp³-hybridized carbons (Fsp3) is 0.276. The molecule has 0 atom stereocenters. The van der Waals surface area contributed by atoms with Crippen LogP contribution in [0, 0.1) is 10.1 Å². The number of hydrogen-bond acceptors (Lipinski definition) is 10. The van der Waals surface area contributed by atoms with E-state index in [0.717, 1.165) is 37.4 Å². The van der Waals surface area contributed by atoms with Gasteiger partial charge in [-0.3, -0.25) is 19.8 Å². The molecule has 1 saturated heterocycles. The molecule has 2 N–H and O–H groups in total. The molecule has 11 heteroatoms. The summed E-state index contributed by atoms with van der Waals surface area (Å²) in [4.78, 5) is 34.2. The smallest absolute Gasteiger partial charge is 0.320 e. The van der Waals surface area contributed by atoms with E-state index in [1.165, 1.54) is 12.1 Å². The first kappa shape index (κ1) is 26.8. The molecule has 40 heavy (non-hydrogen) atoms. The van der Waals surface area contributed by atoms with Gasteiger partial charge >= 0.3 is 5.97 Å². The summed E-state index contributed by atoms with van der Waals surface area (Å²) in [6, 6.07) is 21.5. The van der Waals surface area contributed by atoms with Crippen LogP contribution in [0.25, 0.3) is 10.9 Å². The molecule has 0 spiro atoms. The van der Waals surface area contributed by atoms with E-state index in [1.54, 1.807) is 13.0 Å². The van der Waals surface area contributed by atoms with Crippen molar-refractivity contribution in [3.8, 4) is 11.5 Å². The van der Waals surface area contributed by atoms with Crippen molar-refractivity contribution >= 4 is 40.0 Å². The Morgan fingerprint density at radius 2 is 1.75 bits per heavy atom. The minimum absolute atomic E-state index is 0.0413. The predicted octanol–water partition coefficient (Wildman–Crippen LogP) is 5.51. The molecule has 4 aromatic rings. The first-order valence-electron chi connectivity index (χ1n) is 13.2. The van der Waals surface area contributed by atoms with Gasteiger partial charge in [-0.2, -0.15) is 4.98 Å². The maximum absolute atomic E-state index is 11.8. The van der Waals surface area contributed by atoms with Gasteiger partial charge in [0.2, 0.25) is 5.95 Å². The number of nitrogens with zero attached hydrogens (tertiary/aromatic N) is 4. The average Bonchev–Trinajstić information content (AvgIpc) is 2.95. The van der Waals surface area contributed by atoms with E-state index >= 15 is 0 Å². The lowest BCUT2D eigenvalue weighted by Crippen LogP contribution is -2.42. The quantitative estimate of drug-likeness (QED) is 0.150. The zero-order valence-corrected chi connectivity index (χ0v) is 22.1. The Kier molecular flexibility index (Phi) is 8.31. The second kappa shape index (κ2) is 12.4. The molecule has 3 aromatic carbocycles. The molecule has 1 aromatic heterocycles. The topological polar surface area (TPSA) is 132 Å². The van der Waals surface area contributed by atoms with Crippen LogP contribution in [0.4, 0.5) is 23.1 Å². The van der Waals surface area contributed by atoms with Crippen LogP contribution < -0.4 is 15.4 Å². The average molecular weight is 543 g/mol. The molecular weight excluding hydrogens is 512 g/mol. The fourth-order valence-corrected chi connectivity index (χ4v) is 4.56. The Morgan fingerprint density at radius 1 is 1.02 bits per heavy atom. The zero-order valence-electron chi connectivity index (χ0n) is 22.1. The lowest BCUT2D eigenvalue weighted by molar-refractivity contribution is -0.384. The Bertz CT molecular complexity index is 1470. The number of benzene rings is 3. The zero-order chi connectivity index (χ0) is 27.9. The highest BCUT2D eigenvalue weighted by Crippen LogP contribution is 2.30. The van der Waals surface area contributed by atoms with Crippen molar-refractivity contribution in [3.63, 3.8) is 0 Å². The Hall–Kier alpha value is -4.77. The Labute approximate surface area is 231 Å². The highest BCUT2D eigenvalue weighted by molar-refractivity contribution is 5.93. The third kappa shape index (κ3) is 6.80. The van der Waals surface area contributed by atoms with Gasteiger partial charge in [-0.05, 0) is 62.2 Å². The van der Waals surface area contributed by atoms with Crippen LogP contribution in [0.2, 0.25) is 0 Å². The number of fused-ring (bicyclic) bond motifs is 1. The van der Waals surface area contributed by atoms with Crippen molar-refractivity contribution in [3.05, 3.63) is 82.9 Å². The summed E-state index contributed by atoms with van der Waals surface area (Å²) < 4.78 is 10.9. The summed E-state index contributed by atoms with van der Waals surface area (Å²) in [5, 5.41) is 18.7. The molecule has 5 rings (SSSR count). The second-order valence-corrected chi connectivity index (χ2v) is 9.42. The van der Waals surface area contributed by atoms with Crippen molar-refractivity contribution in [2.75, 3.05) is 36.9 Å². The number of para-hydroxylation sites is 1. The monoisotopic (exact) mass is 542 g/mol. The lowest BCUT2D eigenvalue weighted by Gasteiger charge is -2.31. The fourth-order valence-electron chi connectivity index (χ4n) is 4.56. The van der Waals surface area contributed by atoms with Gasteiger partial charge in [-0.1, -0.05) is 18.2 Å². The van der Waals surface area contributed by atoms with Crippen LogP contribution in [0.1, 0.15) is 19.8 Å². The van der Waals surface area contributed by atoms with Crippen molar-refractivity contribution in [2.24, 2.45) is 0 Å². The van der Waals surface area contributed by atoms with Gasteiger partial charge in [0.25, 0.3) is 5.69 Å². The van der Waals surface area contributed by atoms with Crippen LogP contribution in [0.15, 0.2) is 72.8 Å². The number of rotatable bonds is 10. The van der Waals surface area contributed by atoms with Crippen molar-refractivity contribution in [1.29, 1.82) is 0 Å². The second-order valence-electron chi connectivity index (χ2n) is 9.42. The predicted molar refractivity (Wildman–Crippen MR) is 152 cm³/mol. The summed E-state index contributed by atoms with van der Waals surface area (Å²) in [7, 11) is 0. The van der Waals surface area contributed by atoms with Gasteiger partial charge in [0.1, 0.15) is 17.3 Å². The lowest BCUT2D eigenvalue weighted by atomic mass is 10.1. The van der Waals surface area contributed by atoms with Gasteiger partial charge in [-0.15, -0.1) is 0 Å². The highest BCUT2D eigenvalue weighted by atomic mass is 16.6. The molecule has 0 radical (unpaired) electrons. The molecule has 0 unspecified atom stereocenters. The van der Waals surface area contributed by atoms with Crippen molar-refractivity contribution < 1.29 is 19.2 Å². The summed E-state index contributed by atoms with van der Waals surface area (Å²) in [5.41, 5.74) is 1.28. The van der Waals surface area contributed by atoms with Gasteiger partial charge in [0.15, 0.2) is 0 Å². The largest absolute Gasteiger partial charge is 0.465 e. The molecular formula is C29H30N6O5. The number of aromatic nitrogens is 2. The number of nitro groups is 1. The van der Waals surface area contributed by atoms with E-state index in [2.05, 4.69) is 20.5 Å². The SMILES string of the molecule is CCOC(=O)CN1CCC(Nc2nc(Nc3ccc(Oc4ccccc4)cc3)c3cc([N+](=O)[O-])ccc3n2)CC1. The summed E-state index contributed by atoms with van der Waals surface area (Å²) >= 11 is 0. The van der Waals surface area contributed by atoms with E-state index in [0.29, 0.717) is 35.0 Å². The summed E-state index contributed by atoms with van der Waals surface area (Å²) in [5.74, 6) is 2.08. The number of nitro benzene ring substituents is 1. The first-order chi connectivity index (χ1) is 19.5. The third-order valence-electron chi connectivity index (χ3n) is 6.56. The number of anilines is 3. The van der Waals surface area contributed by atoms with Gasteiger partial charge in [0.05, 0.1) is 23.6 Å². The van der Waals surface area contributed by atoms with E-state index in [1.807, 2.05) is 54.6 Å². The molecule has 11 nitrogen and oxygen atoms in total. The standard InChI is InChI=1S/C29H30N6O5/c1-2-39-27(36)19-34-16-14-21(15-17-34)31-29-32-26-13-10-22(35(37)38)18-25(26)28(33-29)30-20-8-11-24(12-9-20)40-23-6-4-3-5-7-23/h3-13,18,21H,2,14-17,19H2,1H3,(H2,30,31,32,33). The normalized spacial score (nSPS) is 14.0. The molecule has 1 aliphatic rings. The van der Waals surface area contributed by atoms with E-state index in [9.17, 15) is 14.9 Å². The highest BCUT2D eigenvalue weighted by Gasteiger charge is 2.22. The first-order valence-corrected chi connectivity index (χ1v) is 13.2. The summed E-state index contributed by atoms with van der Waals surface area (Å²) in [6.45, 7) is 3.96. The number of carbonyl (C=O) groups is 1. The number of piperidine rings is 1. The van der Waals surface area contributed by atoms with Crippen LogP contribution >= 0.6 is 0 Å². The van der Waals surface area contributed by atoms with Crippen LogP contribution in [0.3, 0.4) is 0 Å². The molecule has 2 heterocycles. The van der Waals surface area contributed by atoms with Gasteiger partial charge in [0, 0.05) is 42.3 Å². The minimum Gasteiger partial charge on any atom is -0.465 e. The van der Waals surface area contributed by atoms with Crippen molar-refractivity contribution in [2.45, 2.75) is 25.8 Å². The van der Waals surface area contributed by atoms with Crippen LogP contribution in [0.5, 0.6) is 11.5 Å². The minimum atomic E-state index is -0.435. The Morgan fingerprint density at radius 3 is 2.45 bits per heavy atom. The summed E-state index contributed by atoms with van der Waals surface area (Å²) in [6.07, 6.45) is 1.62. The Balaban J connectivity index is 1.33. The third-order valence-corrected chi connectivity index (χ3v) is 6.56. The van der Waals surface area contributed by atoms with Gasteiger partial charge in [-0.25, -0.2) is 4.98 Å². The van der Waals surface area contributed by atoms with Crippen molar-refractivity contribution in [1.82, 2.24) is 14.9 Å². The van der Waals surface area contributed by atoms with E-state index in [4.69, 9.17) is 14.5 Å². The molecule has 0 amide bonds. The number of ether oxygens (including phenoxy) is 2. The number of hydrogen-bond donors (Lipinski definition) is 2. The molecule has 1 fully saturated rings. The maximum atomic E-state index is 11.8. The molecule has 206 valence electrons. The number of non-ortho nitro benzene ring substituents is 1. The number of nitrogens with one attached hydrogen (secondary N) is 2. The number of likely N-dealkylation sites (tertiary alicyclic amines) is 1. The number of carbonyl (C=O) groups excluding carboxylic acids is 1. The number of esters is 1. The van der Waals surface area contributed by atoms with Crippen LogP contribution in [-0.4, -0.2) is 58.0 Å². The van der Waals surface area contributed by atoms with E-state index in [-0.39, 0.29) is 24.2 Å². The maximum Gasteiger partial charge on any atom is 0.320 e. The van der Waals surface area contributed by atoms with E-state index < -0.39 is 4.92 Å². The van der Waals surface area contributed by atoms with Crippen LogP contribution in [-0.2, 0) is 9.53 Å².